The van der Waals surface area contributed by atoms with Crippen LogP contribution in [0.1, 0.15) is 26.3 Å². The molecule has 0 aromatic heterocycles. The molecule has 20 heavy (non-hydrogen) atoms. The number of benzene rings is 1. The minimum absolute atomic E-state index is 0.278. The lowest BCUT2D eigenvalue weighted by Gasteiger charge is -2.32. The molecule has 0 fully saturated rings. The van der Waals surface area contributed by atoms with Gasteiger partial charge >= 0.3 is 0 Å². The molecule has 1 atom stereocenters. The van der Waals surface area contributed by atoms with Crippen LogP contribution in [-0.4, -0.2) is 37.0 Å². The lowest BCUT2D eigenvalue weighted by atomic mass is 10.1. The Kier molecular flexibility index (Phi) is 7.34. The number of thiocarbonyl (C=S) groups is 1. The maximum atomic E-state index is 5.97. The molecule has 0 radical (unpaired) electrons. The van der Waals surface area contributed by atoms with Crippen LogP contribution in [0.2, 0.25) is 0 Å². The zero-order valence-corrected chi connectivity index (χ0v) is 14.3. The first-order valence-corrected chi connectivity index (χ1v) is 8.27. The molecule has 1 unspecified atom stereocenters. The predicted molar refractivity (Wildman–Crippen MR) is 93.1 cm³/mol. The van der Waals surface area contributed by atoms with Crippen molar-refractivity contribution in [3.05, 3.63) is 23.8 Å². The van der Waals surface area contributed by atoms with Gasteiger partial charge in [0.05, 0.1) is 6.61 Å². The summed E-state index contributed by atoms with van der Waals surface area (Å²) in [6.45, 7) is 7.98. The van der Waals surface area contributed by atoms with Gasteiger partial charge in [0.2, 0.25) is 0 Å². The first kappa shape index (κ1) is 17.3. The molecular formula is C15H24N2OS2. The molecule has 0 bridgehead atoms. The van der Waals surface area contributed by atoms with Gasteiger partial charge in [0.15, 0.2) is 0 Å². The van der Waals surface area contributed by atoms with Crippen LogP contribution < -0.4 is 10.6 Å². The Morgan fingerprint density at radius 2 is 2.15 bits per heavy atom. The standard InChI is InChI=1S/C15H24N2OS2/c1-5-17(11(3)10-18-4)12-8-7-9-13(20-6-2)14(12)15(16)19/h7-9,11H,5-6,10H2,1-4H3,(H2,16,19). The number of likely N-dealkylation sites (N-methyl/N-ethyl adjacent to an activating group) is 1. The Balaban J connectivity index is 3.26. The smallest absolute Gasteiger partial charge is 0.107 e. The van der Waals surface area contributed by atoms with E-state index in [0.29, 0.717) is 11.6 Å². The summed E-state index contributed by atoms with van der Waals surface area (Å²) in [6.07, 6.45) is 0. The molecule has 0 aliphatic rings. The summed E-state index contributed by atoms with van der Waals surface area (Å²) in [5.41, 5.74) is 8.06. The van der Waals surface area contributed by atoms with Crippen LogP contribution >= 0.6 is 24.0 Å². The van der Waals surface area contributed by atoms with Gasteiger partial charge in [-0.3, -0.25) is 0 Å². The van der Waals surface area contributed by atoms with Gasteiger partial charge in [0, 0.05) is 35.8 Å². The zero-order valence-electron chi connectivity index (χ0n) is 12.7. The van der Waals surface area contributed by atoms with E-state index in [2.05, 4.69) is 43.9 Å². The van der Waals surface area contributed by atoms with E-state index in [1.165, 1.54) is 0 Å². The lowest BCUT2D eigenvalue weighted by molar-refractivity contribution is 0.182. The van der Waals surface area contributed by atoms with Crippen molar-refractivity contribution in [2.24, 2.45) is 5.73 Å². The van der Waals surface area contributed by atoms with E-state index in [-0.39, 0.29) is 6.04 Å². The number of nitrogens with two attached hydrogens (primary N) is 1. The summed E-state index contributed by atoms with van der Waals surface area (Å²) in [6, 6.07) is 6.52. The summed E-state index contributed by atoms with van der Waals surface area (Å²) in [4.78, 5) is 3.90. The van der Waals surface area contributed by atoms with E-state index in [9.17, 15) is 0 Å². The minimum atomic E-state index is 0.278. The topological polar surface area (TPSA) is 38.5 Å². The number of rotatable bonds is 8. The molecule has 0 spiro atoms. The maximum absolute atomic E-state index is 5.97. The van der Waals surface area contributed by atoms with Gasteiger partial charge in [-0.25, -0.2) is 0 Å². The second kappa shape index (κ2) is 8.49. The monoisotopic (exact) mass is 312 g/mol. The maximum Gasteiger partial charge on any atom is 0.107 e. The van der Waals surface area contributed by atoms with Crippen molar-refractivity contribution in [2.45, 2.75) is 31.7 Å². The van der Waals surface area contributed by atoms with Crippen molar-refractivity contribution >= 4 is 34.7 Å². The fourth-order valence-electron chi connectivity index (χ4n) is 2.33. The number of hydrogen-bond acceptors (Lipinski definition) is 4. The van der Waals surface area contributed by atoms with Crippen LogP contribution in [0, 0.1) is 0 Å². The molecule has 3 nitrogen and oxygen atoms in total. The first-order chi connectivity index (χ1) is 9.56. The third-order valence-electron chi connectivity index (χ3n) is 3.14. The van der Waals surface area contributed by atoms with Gasteiger partial charge in [0.25, 0.3) is 0 Å². The highest BCUT2D eigenvalue weighted by Crippen LogP contribution is 2.31. The number of methoxy groups -OCH3 is 1. The van der Waals surface area contributed by atoms with Crippen molar-refractivity contribution in [3.63, 3.8) is 0 Å². The Labute approximate surface area is 131 Å². The van der Waals surface area contributed by atoms with Crippen molar-refractivity contribution < 1.29 is 4.74 Å². The molecule has 1 aromatic carbocycles. The quantitative estimate of drug-likeness (QED) is 0.589. The number of nitrogens with zero attached hydrogens (tertiary/aromatic N) is 1. The molecule has 5 heteroatoms. The third kappa shape index (κ3) is 4.11. The van der Waals surface area contributed by atoms with Gasteiger partial charge < -0.3 is 15.4 Å². The molecule has 1 rings (SSSR count). The molecule has 0 amide bonds. The lowest BCUT2D eigenvalue weighted by Crippen LogP contribution is -2.37. The van der Waals surface area contributed by atoms with Crippen LogP contribution in [0.15, 0.2) is 23.1 Å². The molecule has 112 valence electrons. The summed E-state index contributed by atoms with van der Waals surface area (Å²) < 4.78 is 5.28. The van der Waals surface area contributed by atoms with E-state index in [1.807, 2.05) is 0 Å². The SMILES string of the molecule is CCSc1cccc(N(CC)C(C)COC)c1C(N)=S. The molecule has 0 saturated heterocycles. The average Bonchev–Trinajstić information content (AvgIpc) is 2.40. The number of thioether (sulfide) groups is 1. The molecule has 2 N–H and O–H groups in total. The third-order valence-corrected chi connectivity index (χ3v) is 4.28. The minimum Gasteiger partial charge on any atom is -0.389 e. The van der Waals surface area contributed by atoms with E-state index >= 15 is 0 Å². The molecule has 0 heterocycles. The Bertz CT molecular complexity index is 451. The highest BCUT2D eigenvalue weighted by atomic mass is 32.2. The van der Waals surface area contributed by atoms with Crippen LogP contribution in [-0.2, 0) is 4.74 Å². The largest absolute Gasteiger partial charge is 0.389 e. The Morgan fingerprint density at radius 3 is 2.65 bits per heavy atom. The molecular weight excluding hydrogens is 288 g/mol. The second-order valence-electron chi connectivity index (χ2n) is 4.54. The molecule has 0 aliphatic carbocycles. The van der Waals surface area contributed by atoms with E-state index < -0.39 is 0 Å². The van der Waals surface area contributed by atoms with Crippen molar-refractivity contribution in [1.82, 2.24) is 0 Å². The van der Waals surface area contributed by atoms with Gasteiger partial charge in [-0.1, -0.05) is 25.2 Å². The normalized spacial score (nSPS) is 12.2. The van der Waals surface area contributed by atoms with Crippen molar-refractivity contribution in [1.29, 1.82) is 0 Å². The highest BCUT2D eigenvalue weighted by molar-refractivity contribution is 7.99. The predicted octanol–water partition coefficient (Wildman–Crippen LogP) is 3.29. The fraction of sp³-hybridized carbons (Fsp3) is 0.533. The summed E-state index contributed by atoms with van der Waals surface area (Å²) in [5.74, 6) is 0.999. The van der Waals surface area contributed by atoms with Gasteiger partial charge in [-0.15, -0.1) is 11.8 Å². The van der Waals surface area contributed by atoms with Crippen LogP contribution in [0.3, 0.4) is 0 Å². The molecule has 0 saturated carbocycles. The van der Waals surface area contributed by atoms with Crippen LogP contribution in [0.5, 0.6) is 0 Å². The van der Waals surface area contributed by atoms with E-state index in [1.54, 1.807) is 18.9 Å². The number of ether oxygens (including phenoxy) is 1. The van der Waals surface area contributed by atoms with Crippen molar-refractivity contribution in [2.75, 3.05) is 30.9 Å². The summed E-state index contributed by atoms with van der Waals surface area (Å²) >= 11 is 7.05. The second-order valence-corrected chi connectivity index (χ2v) is 6.28. The van der Waals surface area contributed by atoms with E-state index in [0.717, 1.165) is 28.4 Å². The average molecular weight is 313 g/mol. The number of hydrogen-bond donors (Lipinski definition) is 1. The summed E-state index contributed by atoms with van der Waals surface area (Å²) in [5, 5.41) is 0. The zero-order chi connectivity index (χ0) is 15.1. The molecule has 1 aromatic rings. The van der Waals surface area contributed by atoms with Gasteiger partial charge in [0.1, 0.15) is 4.99 Å². The number of anilines is 1. The van der Waals surface area contributed by atoms with Crippen LogP contribution in [0.4, 0.5) is 5.69 Å². The van der Waals surface area contributed by atoms with E-state index in [4.69, 9.17) is 22.7 Å². The summed E-state index contributed by atoms with van der Waals surface area (Å²) in [7, 11) is 1.72. The van der Waals surface area contributed by atoms with Crippen LogP contribution in [0.25, 0.3) is 0 Å². The van der Waals surface area contributed by atoms with Gasteiger partial charge in [-0.05, 0) is 31.7 Å². The molecule has 0 aliphatic heterocycles. The Hall–Kier alpha value is -0.780. The Morgan fingerprint density at radius 1 is 1.45 bits per heavy atom. The fourth-order valence-corrected chi connectivity index (χ4v) is 3.46. The van der Waals surface area contributed by atoms with Gasteiger partial charge in [-0.2, -0.15) is 0 Å². The van der Waals surface area contributed by atoms with Crippen molar-refractivity contribution in [3.8, 4) is 0 Å². The highest BCUT2D eigenvalue weighted by Gasteiger charge is 2.19. The first-order valence-electron chi connectivity index (χ1n) is 6.87.